The van der Waals surface area contributed by atoms with Gasteiger partial charge in [0, 0.05) is 39.9 Å². The molecule has 5 nitrogen and oxygen atoms in total. The summed E-state index contributed by atoms with van der Waals surface area (Å²) in [5.74, 6) is 1.19. The molecule has 0 fully saturated rings. The topological polar surface area (TPSA) is 32.1 Å². The number of aryl methyl sites for hydroxylation is 6. The highest BCUT2D eigenvalue weighted by molar-refractivity contribution is 6.35. The Morgan fingerprint density at radius 3 is 1.27 bits per heavy atom. The lowest BCUT2D eigenvalue weighted by atomic mass is 10.0. The molecule has 6 heteroatoms. The van der Waals surface area contributed by atoms with Crippen LogP contribution in [0.3, 0.4) is 0 Å². The summed E-state index contributed by atoms with van der Waals surface area (Å²) in [5.41, 5.74) is 16.9. The number of rotatable bonds is 11. The third-order valence-electron chi connectivity index (χ3n) is 12.2. The standard InChI is InChI=1S/C60H50ClN3O2/c1-39-11-23-45(24-12-39)62(46-25-13-40(2)14-26-46)50-37-55(59(61)57(38-50)65-51-33-21-44(6)22-34-51)64(49-31-19-43(5)20-32-49)54-36-35-53(58-52-9-7-8-10-56(52)66-60(54)58)63(47-27-15-41(3)16-28-47)48-29-17-42(4)18-30-48/h7-38H,1-6H3. The van der Waals surface area contributed by atoms with Gasteiger partial charge < -0.3 is 23.9 Å². The summed E-state index contributed by atoms with van der Waals surface area (Å²) >= 11 is 7.80. The Hall–Kier alpha value is -7.73. The molecule has 0 unspecified atom stereocenters. The van der Waals surface area contributed by atoms with Crippen molar-refractivity contribution < 1.29 is 9.15 Å². The van der Waals surface area contributed by atoms with E-state index in [-0.39, 0.29) is 0 Å². The molecule has 0 N–H and O–H groups in total. The van der Waals surface area contributed by atoms with Crippen LogP contribution in [0.5, 0.6) is 11.5 Å². The van der Waals surface area contributed by atoms with E-state index in [9.17, 15) is 0 Å². The van der Waals surface area contributed by atoms with Gasteiger partial charge in [-0.3, -0.25) is 0 Å². The molecule has 0 bridgehead atoms. The predicted octanol–water partition coefficient (Wildman–Crippen LogP) is 18.3. The highest BCUT2D eigenvalue weighted by atomic mass is 35.5. The Kier molecular flexibility index (Phi) is 11.3. The molecule has 9 aromatic carbocycles. The van der Waals surface area contributed by atoms with E-state index in [0.29, 0.717) is 22.2 Å². The maximum Gasteiger partial charge on any atom is 0.161 e. The molecule has 10 rings (SSSR count). The molecule has 1 aromatic heterocycles. The van der Waals surface area contributed by atoms with Crippen LogP contribution in [-0.4, -0.2) is 0 Å². The minimum atomic E-state index is 0.446. The van der Waals surface area contributed by atoms with Crippen LogP contribution in [-0.2, 0) is 0 Å². The van der Waals surface area contributed by atoms with E-state index in [1.165, 1.54) is 22.3 Å². The predicted molar refractivity (Wildman–Crippen MR) is 278 cm³/mol. The van der Waals surface area contributed by atoms with Crippen LogP contribution in [0.15, 0.2) is 199 Å². The largest absolute Gasteiger partial charge is 0.456 e. The molecule has 0 spiro atoms. The number of halogens is 1. The third-order valence-corrected chi connectivity index (χ3v) is 12.6. The molecule has 0 aliphatic rings. The maximum atomic E-state index is 7.80. The number of furan rings is 1. The molecule has 0 radical (unpaired) electrons. The van der Waals surface area contributed by atoms with Crippen LogP contribution in [0.25, 0.3) is 21.9 Å². The number of benzene rings is 9. The maximum absolute atomic E-state index is 7.80. The number of hydrogen-bond donors (Lipinski definition) is 0. The quantitative estimate of drug-likeness (QED) is 0.129. The van der Waals surface area contributed by atoms with Crippen molar-refractivity contribution >= 4 is 84.7 Å². The number of fused-ring (bicyclic) bond motifs is 3. The summed E-state index contributed by atoms with van der Waals surface area (Å²) in [6, 6.07) is 68.1. The zero-order valence-electron chi connectivity index (χ0n) is 38.0. The van der Waals surface area contributed by atoms with Crippen LogP contribution in [0, 0.1) is 41.5 Å². The van der Waals surface area contributed by atoms with Gasteiger partial charge in [-0.1, -0.05) is 136 Å². The van der Waals surface area contributed by atoms with E-state index < -0.39 is 0 Å². The second kappa shape index (κ2) is 17.7. The Bertz CT molecular complexity index is 3230. The van der Waals surface area contributed by atoms with Gasteiger partial charge >= 0.3 is 0 Å². The molecule has 0 saturated carbocycles. The van der Waals surface area contributed by atoms with Crippen molar-refractivity contribution in [2.24, 2.45) is 0 Å². The minimum absolute atomic E-state index is 0.446. The monoisotopic (exact) mass is 879 g/mol. The van der Waals surface area contributed by atoms with E-state index >= 15 is 0 Å². The van der Waals surface area contributed by atoms with Gasteiger partial charge in [0.2, 0.25) is 0 Å². The van der Waals surface area contributed by atoms with Gasteiger partial charge in [0.1, 0.15) is 22.1 Å². The molecule has 0 atom stereocenters. The van der Waals surface area contributed by atoms with Crippen LogP contribution in [0.2, 0.25) is 5.02 Å². The normalized spacial score (nSPS) is 11.3. The minimum Gasteiger partial charge on any atom is -0.456 e. The first-order valence-corrected chi connectivity index (χ1v) is 22.7. The Morgan fingerprint density at radius 2 is 0.788 bits per heavy atom. The van der Waals surface area contributed by atoms with Gasteiger partial charge in [-0.25, -0.2) is 0 Å². The van der Waals surface area contributed by atoms with Gasteiger partial charge in [0.15, 0.2) is 5.58 Å². The number of hydrogen-bond acceptors (Lipinski definition) is 5. The summed E-state index contributed by atoms with van der Waals surface area (Å²) in [4.78, 5) is 6.80. The first kappa shape index (κ1) is 42.2. The van der Waals surface area contributed by atoms with Gasteiger partial charge in [-0.05, 0) is 139 Å². The summed E-state index contributed by atoms with van der Waals surface area (Å²) in [7, 11) is 0. The van der Waals surface area contributed by atoms with Gasteiger partial charge in [-0.2, -0.15) is 0 Å². The van der Waals surface area contributed by atoms with Crippen molar-refractivity contribution in [3.8, 4) is 11.5 Å². The van der Waals surface area contributed by atoms with Crippen LogP contribution in [0.1, 0.15) is 33.4 Å². The van der Waals surface area contributed by atoms with Crippen molar-refractivity contribution in [1.82, 2.24) is 0 Å². The smallest absolute Gasteiger partial charge is 0.161 e. The number of anilines is 9. The number of nitrogens with zero attached hydrogens (tertiary/aromatic N) is 3. The molecular formula is C60H50ClN3O2. The van der Waals surface area contributed by atoms with E-state index in [1.807, 2.05) is 42.5 Å². The van der Waals surface area contributed by atoms with Crippen LogP contribution in [0.4, 0.5) is 51.2 Å². The van der Waals surface area contributed by atoms with E-state index in [1.54, 1.807) is 0 Å². The molecule has 324 valence electrons. The van der Waals surface area contributed by atoms with Crippen molar-refractivity contribution in [2.45, 2.75) is 41.5 Å². The fourth-order valence-corrected chi connectivity index (χ4v) is 8.81. The summed E-state index contributed by atoms with van der Waals surface area (Å²) in [6.07, 6.45) is 0. The lowest BCUT2D eigenvalue weighted by Crippen LogP contribution is -2.15. The first-order chi connectivity index (χ1) is 32.1. The van der Waals surface area contributed by atoms with E-state index in [0.717, 1.165) is 78.6 Å². The summed E-state index contributed by atoms with van der Waals surface area (Å²) < 4.78 is 13.9. The highest BCUT2D eigenvalue weighted by Crippen LogP contribution is 2.53. The Labute approximate surface area is 392 Å². The van der Waals surface area contributed by atoms with Gasteiger partial charge in [0.25, 0.3) is 0 Å². The van der Waals surface area contributed by atoms with Gasteiger partial charge in [0.05, 0.1) is 28.1 Å². The molecule has 0 amide bonds. The van der Waals surface area contributed by atoms with Crippen molar-refractivity contribution in [2.75, 3.05) is 14.7 Å². The average Bonchev–Trinajstić information content (AvgIpc) is 3.72. The Balaban J connectivity index is 1.27. The highest BCUT2D eigenvalue weighted by Gasteiger charge is 2.29. The van der Waals surface area contributed by atoms with Gasteiger partial charge in [-0.15, -0.1) is 0 Å². The molecule has 66 heavy (non-hydrogen) atoms. The second-order valence-electron chi connectivity index (χ2n) is 17.3. The lowest BCUT2D eigenvalue weighted by molar-refractivity contribution is 0.483. The van der Waals surface area contributed by atoms with E-state index in [4.69, 9.17) is 20.8 Å². The molecule has 0 aliphatic carbocycles. The third kappa shape index (κ3) is 8.26. The summed E-state index contributed by atoms with van der Waals surface area (Å²) in [6.45, 7) is 12.6. The Morgan fingerprint density at radius 1 is 0.379 bits per heavy atom. The molecule has 0 aliphatic heterocycles. The van der Waals surface area contributed by atoms with Crippen molar-refractivity contribution in [3.63, 3.8) is 0 Å². The zero-order chi connectivity index (χ0) is 45.5. The SMILES string of the molecule is Cc1ccc(Oc2cc(N(c3ccc(C)cc3)c3ccc(C)cc3)cc(N(c3ccc(C)cc3)c3ccc(N(c4ccc(C)cc4)c4ccc(C)cc4)c4c3oc3ccccc34)c2Cl)cc1. The fourth-order valence-electron chi connectivity index (χ4n) is 8.58. The van der Waals surface area contributed by atoms with Crippen LogP contribution >= 0.6 is 11.6 Å². The second-order valence-corrected chi connectivity index (χ2v) is 17.7. The van der Waals surface area contributed by atoms with Crippen molar-refractivity contribution in [3.05, 3.63) is 233 Å². The fraction of sp³-hybridized carbons (Fsp3) is 0.100. The molecule has 0 saturated heterocycles. The van der Waals surface area contributed by atoms with Crippen LogP contribution < -0.4 is 19.4 Å². The average molecular weight is 881 g/mol. The lowest BCUT2D eigenvalue weighted by Gasteiger charge is -2.32. The summed E-state index contributed by atoms with van der Waals surface area (Å²) in [5, 5.41) is 2.43. The first-order valence-electron chi connectivity index (χ1n) is 22.3. The molecule has 1 heterocycles. The molecular weight excluding hydrogens is 830 g/mol. The molecule has 10 aromatic rings. The number of ether oxygens (including phenoxy) is 1. The van der Waals surface area contributed by atoms with E-state index in [2.05, 4.69) is 208 Å². The van der Waals surface area contributed by atoms with Crippen molar-refractivity contribution in [1.29, 1.82) is 0 Å². The zero-order valence-corrected chi connectivity index (χ0v) is 38.8. The number of para-hydroxylation sites is 1.